The maximum absolute atomic E-state index is 7.52. The molecule has 0 amide bonds. The molecule has 7 heteroatoms. The fourth-order valence-corrected chi connectivity index (χ4v) is 14.3. The molecule has 0 unspecified atom stereocenters. The Labute approximate surface area is 298 Å². The SMILES string of the molecule is CCCCCCCCO[Si](OCCCCCCCC)(O[Si](OCCCCCCCC)(OCCCCCCCC)C(C)(C)C)C(C)(C)C. The van der Waals surface area contributed by atoms with Gasteiger partial charge in [0, 0.05) is 36.5 Å². The molecule has 0 radical (unpaired) electrons. The minimum absolute atomic E-state index is 0.298. The van der Waals surface area contributed by atoms with Crippen molar-refractivity contribution >= 4 is 17.6 Å². The molecule has 0 aliphatic carbocycles. The molecule has 0 aliphatic heterocycles. The lowest BCUT2D eigenvalue weighted by atomic mass is 10.1. The van der Waals surface area contributed by atoms with Gasteiger partial charge in [-0.2, -0.15) is 0 Å². The van der Waals surface area contributed by atoms with Gasteiger partial charge >= 0.3 is 17.6 Å². The van der Waals surface area contributed by atoms with Crippen molar-refractivity contribution < 1.29 is 21.8 Å². The van der Waals surface area contributed by atoms with Crippen molar-refractivity contribution in [3.63, 3.8) is 0 Å². The van der Waals surface area contributed by atoms with Crippen LogP contribution in [0.25, 0.3) is 0 Å². The third-order valence-electron chi connectivity index (χ3n) is 9.27. The number of unbranched alkanes of at least 4 members (excludes halogenated alkanes) is 20. The largest absolute Gasteiger partial charge is 0.499 e. The van der Waals surface area contributed by atoms with Gasteiger partial charge in [-0.15, -0.1) is 0 Å². The number of rotatable bonds is 34. The first-order chi connectivity index (χ1) is 22.4. The molecule has 5 nitrogen and oxygen atoms in total. The summed E-state index contributed by atoms with van der Waals surface area (Å²) in [4.78, 5) is 0. The third kappa shape index (κ3) is 21.9. The van der Waals surface area contributed by atoms with Crippen LogP contribution in [0.5, 0.6) is 0 Å². The van der Waals surface area contributed by atoms with Gasteiger partial charge in [-0.25, -0.2) is 0 Å². The molecule has 284 valence electrons. The second-order valence-corrected chi connectivity index (χ2v) is 23.4. The zero-order chi connectivity index (χ0) is 35.3. The van der Waals surface area contributed by atoms with Crippen LogP contribution in [0, 0.1) is 0 Å². The van der Waals surface area contributed by atoms with Crippen LogP contribution in [0.2, 0.25) is 10.1 Å². The van der Waals surface area contributed by atoms with Gasteiger partial charge in [-0.05, 0) is 25.7 Å². The van der Waals surface area contributed by atoms with E-state index in [1.165, 1.54) is 128 Å². The lowest BCUT2D eigenvalue weighted by Gasteiger charge is -2.48. The molecule has 0 saturated carbocycles. The quantitative estimate of drug-likeness (QED) is 0.0493. The van der Waals surface area contributed by atoms with Crippen LogP contribution in [-0.4, -0.2) is 44.0 Å². The van der Waals surface area contributed by atoms with Crippen LogP contribution < -0.4 is 0 Å². The van der Waals surface area contributed by atoms with Crippen molar-refractivity contribution in [2.45, 2.75) is 233 Å². The molecule has 0 aliphatic rings. The van der Waals surface area contributed by atoms with E-state index in [2.05, 4.69) is 69.2 Å². The Morgan fingerprint density at radius 2 is 0.489 bits per heavy atom. The van der Waals surface area contributed by atoms with Crippen molar-refractivity contribution in [3.8, 4) is 0 Å². The van der Waals surface area contributed by atoms with Gasteiger partial charge < -0.3 is 21.8 Å². The normalized spacial score (nSPS) is 13.1. The Balaban J connectivity index is 6.12. The molecule has 0 aromatic rings. The monoisotopic (exact) mass is 703 g/mol. The second kappa shape index (κ2) is 28.9. The maximum atomic E-state index is 7.52. The smallest absolute Gasteiger partial charge is 0.374 e. The molecule has 47 heavy (non-hydrogen) atoms. The zero-order valence-electron chi connectivity index (χ0n) is 33.8. The van der Waals surface area contributed by atoms with Crippen LogP contribution in [-0.2, 0) is 21.8 Å². The van der Waals surface area contributed by atoms with E-state index in [1.807, 2.05) is 0 Å². The first-order valence-electron chi connectivity index (χ1n) is 20.7. The molecule has 0 fully saturated rings. The Hall–Kier alpha value is 0.234. The fraction of sp³-hybridized carbons (Fsp3) is 1.00. The molecule has 0 bridgehead atoms. The molecule has 0 spiro atoms. The molecule has 0 atom stereocenters. The Morgan fingerprint density at radius 1 is 0.298 bits per heavy atom. The van der Waals surface area contributed by atoms with Crippen LogP contribution in [0.3, 0.4) is 0 Å². The van der Waals surface area contributed by atoms with E-state index in [9.17, 15) is 0 Å². The molecule has 0 aromatic carbocycles. The summed E-state index contributed by atoms with van der Waals surface area (Å²) in [7, 11) is -6.51. The van der Waals surface area contributed by atoms with Gasteiger partial charge in [-0.3, -0.25) is 0 Å². The van der Waals surface area contributed by atoms with Gasteiger partial charge in [0.2, 0.25) is 0 Å². The van der Waals surface area contributed by atoms with Crippen molar-refractivity contribution in [2.75, 3.05) is 26.4 Å². The van der Waals surface area contributed by atoms with E-state index in [0.29, 0.717) is 26.4 Å². The summed E-state index contributed by atoms with van der Waals surface area (Å²) in [5, 5.41) is -0.595. The van der Waals surface area contributed by atoms with Crippen LogP contribution >= 0.6 is 0 Å². The average molecular weight is 703 g/mol. The summed E-state index contributed by atoms with van der Waals surface area (Å²) in [6.45, 7) is 25.3. The number of hydrogen-bond acceptors (Lipinski definition) is 5. The zero-order valence-corrected chi connectivity index (χ0v) is 35.8. The Bertz CT molecular complexity index is 585. The van der Waals surface area contributed by atoms with Gasteiger partial charge in [0.25, 0.3) is 0 Å². The second-order valence-electron chi connectivity index (χ2n) is 16.2. The van der Waals surface area contributed by atoms with E-state index in [0.717, 1.165) is 25.7 Å². The Morgan fingerprint density at radius 3 is 0.681 bits per heavy atom. The van der Waals surface area contributed by atoms with Crippen molar-refractivity contribution in [1.29, 1.82) is 0 Å². The van der Waals surface area contributed by atoms with Gasteiger partial charge in [0.15, 0.2) is 0 Å². The van der Waals surface area contributed by atoms with E-state index in [4.69, 9.17) is 21.8 Å². The van der Waals surface area contributed by atoms with Crippen molar-refractivity contribution in [2.24, 2.45) is 0 Å². The summed E-state index contributed by atoms with van der Waals surface area (Å²) in [5.74, 6) is 0. The topological polar surface area (TPSA) is 46.2 Å². The van der Waals surface area contributed by atoms with Crippen LogP contribution in [0.1, 0.15) is 223 Å². The van der Waals surface area contributed by atoms with Crippen LogP contribution in [0.4, 0.5) is 0 Å². The number of hydrogen-bond donors (Lipinski definition) is 0. The average Bonchev–Trinajstić information content (AvgIpc) is 3.01. The molecule has 0 rings (SSSR count). The summed E-state index contributed by atoms with van der Waals surface area (Å²) in [6, 6.07) is 0. The van der Waals surface area contributed by atoms with E-state index in [1.54, 1.807) is 0 Å². The lowest BCUT2D eigenvalue weighted by Crippen LogP contribution is -2.66. The first kappa shape index (κ1) is 47.2. The van der Waals surface area contributed by atoms with E-state index >= 15 is 0 Å². The predicted molar refractivity (Wildman–Crippen MR) is 209 cm³/mol. The van der Waals surface area contributed by atoms with E-state index < -0.39 is 17.6 Å². The highest BCUT2D eigenvalue weighted by Crippen LogP contribution is 2.47. The molecule has 0 aromatic heterocycles. The molecular formula is C40H86O5Si2. The van der Waals surface area contributed by atoms with Crippen LogP contribution in [0.15, 0.2) is 0 Å². The molecule has 0 N–H and O–H groups in total. The minimum Gasteiger partial charge on any atom is -0.374 e. The standard InChI is InChI=1S/C40H86O5Si2/c1-11-15-19-23-27-31-35-41-46(39(5,6)7,42-36-32-28-24-20-16-12-2)45-47(40(8,9)10,43-37-33-29-25-21-17-13-3)44-38-34-30-26-22-18-14-4/h11-38H2,1-10H3. The molecule has 0 saturated heterocycles. The highest BCUT2D eigenvalue weighted by molar-refractivity contribution is 6.78. The third-order valence-corrected chi connectivity index (χ3v) is 17.4. The summed E-state index contributed by atoms with van der Waals surface area (Å²) in [6.07, 6.45) is 29.6. The highest BCUT2D eigenvalue weighted by atomic mass is 28.5. The molecular weight excluding hydrogens is 617 g/mol. The predicted octanol–water partition coefficient (Wildman–Crippen LogP) is 14.0. The van der Waals surface area contributed by atoms with E-state index in [-0.39, 0.29) is 10.1 Å². The maximum Gasteiger partial charge on any atom is 0.499 e. The van der Waals surface area contributed by atoms with Crippen molar-refractivity contribution in [3.05, 3.63) is 0 Å². The lowest BCUT2D eigenvalue weighted by molar-refractivity contribution is 0.0144. The fourth-order valence-electron chi connectivity index (χ4n) is 5.91. The summed E-state index contributed by atoms with van der Waals surface area (Å²) >= 11 is 0. The van der Waals surface area contributed by atoms with Crippen molar-refractivity contribution in [1.82, 2.24) is 0 Å². The Kier molecular flexibility index (Phi) is 29.0. The highest BCUT2D eigenvalue weighted by Gasteiger charge is 2.64. The minimum atomic E-state index is -3.25. The summed E-state index contributed by atoms with van der Waals surface area (Å²) in [5.41, 5.74) is 0. The van der Waals surface area contributed by atoms with Gasteiger partial charge in [-0.1, -0.05) is 198 Å². The van der Waals surface area contributed by atoms with Gasteiger partial charge in [0.1, 0.15) is 0 Å². The summed E-state index contributed by atoms with van der Waals surface area (Å²) < 4.78 is 35.6. The van der Waals surface area contributed by atoms with Gasteiger partial charge in [0.05, 0.1) is 0 Å². The molecule has 0 heterocycles. The first-order valence-corrected chi connectivity index (χ1v) is 24.2.